The number of rotatable bonds is 10. The van der Waals surface area contributed by atoms with Crippen LogP contribution in [0.2, 0.25) is 0 Å². The Labute approximate surface area is 187 Å². The van der Waals surface area contributed by atoms with E-state index in [1.165, 1.54) is 0 Å². The van der Waals surface area contributed by atoms with Crippen LogP contribution in [0, 0.1) is 0 Å². The van der Waals surface area contributed by atoms with Crippen LogP contribution in [0.1, 0.15) is 46.0 Å². The number of carbonyl (C=O) groups excluding carboxylic acids is 2. The van der Waals surface area contributed by atoms with Crippen molar-refractivity contribution in [3.05, 3.63) is 83.2 Å². The first-order valence-electron chi connectivity index (χ1n) is 10.4. The van der Waals surface area contributed by atoms with Gasteiger partial charge < -0.3 is 20.1 Å². The lowest BCUT2D eigenvalue weighted by atomic mass is 10.2. The van der Waals surface area contributed by atoms with E-state index in [1.54, 1.807) is 13.8 Å². The van der Waals surface area contributed by atoms with Gasteiger partial charge in [0.2, 0.25) is 0 Å². The number of nitrogens with zero attached hydrogens (tertiary/aromatic N) is 2. The molecule has 0 aliphatic rings. The zero-order valence-corrected chi connectivity index (χ0v) is 18.1. The molecule has 8 nitrogen and oxygen atoms in total. The molecule has 0 saturated heterocycles. The number of anilines is 2. The van der Waals surface area contributed by atoms with Crippen molar-refractivity contribution in [3.63, 3.8) is 0 Å². The minimum absolute atomic E-state index is 0.00797. The summed E-state index contributed by atoms with van der Waals surface area (Å²) in [6, 6.07) is 19.2. The van der Waals surface area contributed by atoms with Crippen molar-refractivity contribution in [2.45, 2.75) is 26.9 Å². The Kier molecular flexibility index (Phi) is 8.14. The third-order valence-corrected chi connectivity index (χ3v) is 4.44. The Hall–Kier alpha value is -3.94. The van der Waals surface area contributed by atoms with E-state index in [9.17, 15) is 9.59 Å². The van der Waals surface area contributed by atoms with E-state index in [0.29, 0.717) is 13.1 Å². The maximum absolute atomic E-state index is 12.6. The zero-order valence-electron chi connectivity index (χ0n) is 18.1. The number of esters is 2. The van der Waals surface area contributed by atoms with Crippen LogP contribution in [0.5, 0.6) is 0 Å². The smallest absolute Gasteiger partial charge is 0.360 e. The van der Waals surface area contributed by atoms with Gasteiger partial charge in [-0.2, -0.15) is 0 Å². The second kappa shape index (κ2) is 11.5. The zero-order chi connectivity index (χ0) is 22.8. The standard InChI is InChI=1S/C24H26N4O4/c1-3-31-23(29)19-21(25-15-17-11-7-5-8-12-17)28-20(24(30)32-4-2)22(27-19)26-16-18-13-9-6-10-14-18/h5-14H,3-4,15-16H2,1-2H3,(H,26,27)(H,25,28). The third kappa shape index (κ3) is 6.04. The van der Waals surface area contributed by atoms with Gasteiger partial charge in [-0.05, 0) is 25.0 Å². The molecule has 0 atom stereocenters. The number of hydrogen-bond donors (Lipinski definition) is 2. The summed E-state index contributed by atoms with van der Waals surface area (Å²) >= 11 is 0. The van der Waals surface area contributed by atoms with Gasteiger partial charge in [0, 0.05) is 13.1 Å². The highest BCUT2D eigenvalue weighted by atomic mass is 16.5. The molecule has 0 bridgehead atoms. The van der Waals surface area contributed by atoms with Gasteiger partial charge in [-0.3, -0.25) is 0 Å². The molecule has 0 fully saturated rings. The average molecular weight is 434 g/mol. The lowest BCUT2D eigenvalue weighted by Crippen LogP contribution is -2.20. The van der Waals surface area contributed by atoms with E-state index in [-0.39, 0.29) is 36.2 Å². The topological polar surface area (TPSA) is 102 Å². The minimum Gasteiger partial charge on any atom is -0.461 e. The monoisotopic (exact) mass is 434 g/mol. The van der Waals surface area contributed by atoms with Gasteiger partial charge in [-0.25, -0.2) is 19.6 Å². The van der Waals surface area contributed by atoms with Gasteiger partial charge in [0.05, 0.1) is 13.2 Å². The molecule has 1 heterocycles. The van der Waals surface area contributed by atoms with Gasteiger partial charge in [-0.1, -0.05) is 60.7 Å². The van der Waals surface area contributed by atoms with Crippen molar-refractivity contribution in [1.29, 1.82) is 0 Å². The largest absolute Gasteiger partial charge is 0.461 e. The van der Waals surface area contributed by atoms with Crippen LogP contribution in [0.15, 0.2) is 60.7 Å². The van der Waals surface area contributed by atoms with Crippen molar-refractivity contribution in [3.8, 4) is 0 Å². The average Bonchev–Trinajstić information content (AvgIpc) is 2.83. The third-order valence-electron chi connectivity index (χ3n) is 4.44. The Bertz CT molecular complexity index is 957. The van der Waals surface area contributed by atoms with E-state index in [4.69, 9.17) is 9.47 Å². The number of carbonyl (C=O) groups is 2. The SMILES string of the molecule is CCOC(=O)c1nc(NCc2ccccc2)c(C(=O)OCC)nc1NCc1ccccc1. The summed E-state index contributed by atoms with van der Waals surface area (Å²) in [5.41, 5.74) is 1.94. The number of benzene rings is 2. The highest BCUT2D eigenvalue weighted by molar-refractivity contribution is 5.97. The van der Waals surface area contributed by atoms with Crippen LogP contribution >= 0.6 is 0 Å². The van der Waals surface area contributed by atoms with Gasteiger partial charge in [0.25, 0.3) is 0 Å². The van der Waals surface area contributed by atoms with Gasteiger partial charge >= 0.3 is 11.9 Å². The number of ether oxygens (including phenoxy) is 2. The first-order chi connectivity index (χ1) is 15.6. The van der Waals surface area contributed by atoms with Crippen LogP contribution in [-0.2, 0) is 22.6 Å². The predicted molar refractivity (Wildman–Crippen MR) is 121 cm³/mol. The Balaban J connectivity index is 1.96. The van der Waals surface area contributed by atoms with Gasteiger partial charge in [0.1, 0.15) is 0 Å². The van der Waals surface area contributed by atoms with Crippen LogP contribution < -0.4 is 10.6 Å². The molecule has 32 heavy (non-hydrogen) atoms. The van der Waals surface area contributed by atoms with Gasteiger partial charge in [-0.15, -0.1) is 0 Å². The fraction of sp³-hybridized carbons (Fsp3) is 0.250. The second-order valence-corrected chi connectivity index (χ2v) is 6.74. The molecular formula is C24H26N4O4. The molecule has 0 aliphatic heterocycles. The normalized spacial score (nSPS) is 10.3. The first kappa shape index (κ1) is 22.7. The van der Waals surface area contributed by atoms with Crippen LogP contribution in [0.25, 0.3) is 0 Å². The molecule has 0 unspecified atom stereocenters. The molecule has 2 aromatic carbocycles. The summed E-state index contributed by atoms with van der Waals surface area (Å²) in [7, 11) is 0. The summed E-state index contributed by atoms with van der Waals surface area (Å²) in [6.45, 7) is 4.58. The van der Waals surface area contributed by atoms with Crippen LogP contribution in [0.3, 0.4) is 0 Å². The number of aromatic nitrogens is 2. The van der Waals surface area contributed by atoms with E-state index in [1.807, 2.05) is 60.7 Å². The van der Waals surface area contributed by atoms with Crippen molar-refractivity contribution in [2.24, 2.45) is 0 Å². The van der Waals surface area contributed by atoms with Crippen molar-refractivity contribution < 1.29 is 19.1 Å². The molecule has 3 rings (SSSR count). The Morgan fingerprint density at radius 3 is 1.41 bits per heavy atom. The molecule has 0 radical (unpaired) electrons. The summed E-state index contributed by atoms with van der Waals surface area (Å²) < 4.78 is 10.3. The number of nitrogens with one attached hydrogen (secondary N) is 2. The molecule has 166 valence electrons. The fourth-order valence-electron chi connectivity index (χ4n) is 2.93. The number of hydrogen-bond acceptors (Lipinski definition) is 8. The van der Waals surface area contributed by atoms with Crippen LogP contribution in [0.4, 0.5) is 11.6 Å². The first-order valence-corrected chi connectivity index (χ1v) is 10.4. The molecule has 1 aromatic heterocycles. The molecule has 0 saturated carbocycles. The summed E-state index contributed by atoms with van der Waals surface area (Å²) in [5, 5.41) is 6.19. The molecule has 0 aliphatic carbocycles. The Morgan fingerprint density at radius 1 is 0.688 bits per heavy atom. The summed E-state index contributed by atoms with van der Waals surface area (Å²) in [5.74, 6) is -0.955. The molecule has 0 amide bonds. The minimum atomic E-state index is -0.631. The molecule has 0 spiro atoms. The lowest BCUT2D eigenvalue weighted by molar-refractivity contribution is 0.0502. The second-order valence-electron chi connectivity index (χ2n) is 6.74. The highest BCUT2D eigenvalue weighted by Gasteiger charge is 2.24. The fourth-order valence-corrected chi connectivity index (χ4v) is 2.93. The molecular weight excluding hydrogens is 408 g/mol. The highest BCUT2D eigenvalue weighted by Crippen LogP contribution is 2.21. The maximum atomic E-state index is 12.6. The maximum Gasteiger partial charge on any atom is 0.360 e. The summed E-state index contributed by atoms with van der Waals surface area (Å²) in [4.78, 5) is 34.0. The lowest BCUT2D eigenvalue weighted by Gasteiger charge is -2.15. The van der Waals surface area contributed by atoms with E-state index in [2.05, 4.69) is 20.6 Å². The van der Waals surface area contributed by atoms with E-state index < -0.39 is 11.9 Å². The van der Waals surface area contributed by atoms with E-state index >= 15 is 0 Å². The summed E-state index contributed by atoms with van der Waals surface area (Å²) in [6.07, 6.45) is 0. The predicted octanol–water partition coefficient (Wildman–Crippen LogP) is 4.05. The van der Waals surface area contributed by atoms with Gasteiger partial charge in [0.15, 0.2) is 23.0 Å². The van der Waals surface area contributed by atoms with Crippen molar-refractivity contribution in [1.82, 2.24) is 9.97 Å². The Morgan fingerprint density at radius 2 is 1.06 bits per heavy atom. The van der Waals surface area contributed by atoms with Crippen molar-refractivity contribution >= 4 is 23.6 Å². The molecule has 3 aromatic rings. The van der Waals surface area contributed by atoms with Crippen LogP contribution in [-0.4, -0.2) is 35.1 Å². The van der Waals surface area contributed by atoms with Crippen molar-refractivity contribution in [2.75, 3.05) is 23.8 Å². The molecule has 8 heteroatoms. The van der Waals surface area contributed by atoms with E-state index in [0.717, 1.165) is 11.1 Å². The molecule has 2 N–H and O–H groups in total. The quantitative estimate of drug-likeness (QED) is 0.461.